The Balaban J connectivity index is 2.18. The van der Waals surface area contributed by atoms with Crippen molar-refractivity contribution >= 4 is 11.6 Å². The number of hydrogen-bond donors (Lipinski definition) is 1. The molecule has 20 heavy (non-hydrogen) atoms. The first-order chi connectivity index (χ1) is 9.45. The Bertz CT molecular complexity index is 452. The third-order valence-corrected chi connectivity index (χ3v) is 5.20. The molecule has 1 unspecified atom stereocenters. The van der Waals surface area contributed by atoms with Gasteiger partial charge in [-0.05, 0) is 51.1 Å². The molecule has 1 aliphatic carbocycles. The van der Waals surface area contributed by atoms with E-state index in [-0.39, 0.29) is 11.6 Å². The molecule has 1 aromatic carbocycles. The molecule has 0 spiro atoms. The highest BCUT2D eigenvalue weighted by Crippen LogP contribution is 2.37. The Kier molecular flexibility index (Phi) is 5.11. The van der Waals surface area contributed by atoms with Crippen LogP contribution in [0.1, 0.15) is 43.2 Å². The number of nitrogens with zero attached hydrogens (tertiary/aromatic N) is 1. The first-order valence-electron chi connectivity index (χ1n) is 7.56. The van der Waals surface area contributed by atoms with Gasteiger partial charge in [-0.1, -0.05) is 43.0 Å². The molecule has 1 N–H and O–H groups in total. The first-order valence-corrected chi connectivity index (χ1v) is 7.94. The summed E-state index contributed by atoms with van der Waals surface area (Å²) in [7, 11) is 4.18. The summed E-state index contributed by atoms with van der Waals surface area (Å²) in [5.41, 5.74) is 2.12. The van der Waals surface area contributed by atoms with Crippen LogP contribution in [-0.2, 0) is 6.42 Å². The van der Waals surface area contributed by atoms with Crippen LogP contribution < -0.4 is 0 Å². The van der Waals surface area contributed by atoms with Gasteiger partial charge in [-0.3, -0.25) is 0 Å². The number of aliphatic hydroxyl groups is 1. The van der Waals surface area contributed by atoms with Crippen LogP contribution in [0.25, 0.3) is 0 Å². The van der Waals surface area contributed by atoms with Gasteiger partial charge in [-0.25, -0.2) is 0 Å². The van der Waals surface area contributed by atoms with Crippen molar-refractivity contribution in [1.82, 2.24) is 4.90 Å². The summed E-state index contributed by atoms with van der Waals surface area (Å²) in [5, 5.41) is 11.6. The number of hydrogen-bond acceptors (Lipinski definition) is 2. The maximum absolute atomic E-state index is 10.8. The van der Waals surface area contributed by atoms with Crippen LogP contribution in [0.3, 0.4) is 0 Å². The molecule has 0 saturated heterocycles. The van der Waals surface area contributed by atoms with Crippen LogP contribution in [0.5, 0.6) is 0 Å². The second-order valence-corrected chi connectivity index (χ2v) is 6.78. The monoisotopic (exact) mass is 295 g/mol. The lowest BCUT2D eigenvalue weighted by molar-refractivity contribution is -0.0310. The predicted octanol–water partition coefficient (Wildman–Crippen LogP) is 3.82. The number of halogens is 1. The van der Waals surface area contributed by atoms with E-state index in [0.29, 0.717) is 6.42 Å². The zero-order valence-electron chi connectivity index (χ0n) is 12.8. The second-order valence-electron chi connectivity index (χ2n) is 6.37. The van der Waals surface area contributed by atoms with Crippen molar-refractivity contribution in [2.75, 3.05) is 14.1 Å². The fourth-order valence-electron chi connectivity index (χ4n) is 3.46. The SMILES string of the molecule is Cc1ccc(CC(O)C2(N(C)C)CCCCC2)c(Cl)c1. The van der Waals surface area contributed by atoms with E-state index >= 15 is 0 Å². The van der Waals surface area contributed by atoms with E-state index in [2.05, 4.69) is 25.1 Å². The average Bonchev–Trinajstić information content (AvgIpc) is 2.42. The van der Waals surface area contributed by atoms with Crippen LogP contribution in [0.4, 0.5) is 0 Å². The van der Waals surface area contributed by atoms with Crippen LogP contribution in [0.2, 0.25) is 5.02 Å². The Hall–Kier alpha value is -0.570. The van der Waals surface area contributed by atoms with Gasteiger partial charge in [0.15, 0.2) is 0 Å². The molecule has 1 fully saturated rings. The zero-order valence-corrected chi connectivity index (χ0v) is 13.6. The minimum Gasteiger partial charge on any atom is -0.391 e. The molecular weight excluding hydrogens is 270 g/mol. The largest absolute Gasteiger partial charge is 0.391 e. The Morgan fingerprint density at radius 3 is 2.45 bits per heavy atom. The number of benzene rings is 1. The number of rotatable bonds is 4. The molecule has 0 aromatic heterocycles. The molecule has 0 heterocycles. The summed E-state index contributed by atoms with van der Waals surface area (Å²) < 4.78 is 0. The van der Waals surface area contributed by atoms with E-state index in [4.69, 9.17) is 11.6 Å². The Morgan fingerprint density at radius 2 is 1.90 bits per heavy atom. The van der Waals surface area contributed by atoms with E-state index in [9.17, 15) is 5.11 Å². The average molecular weight is 296 g/mol. The van der Waals surface area contributed by atoms with Gasteiger partial charge in [0, 0.05) is 17.0 Å². The van der Waals surface area contributed by atoms with E-state index < -0.39 is 0 Å². The normalized spacial score (nSPS) is 20.1. The van der Waals surface area contributed by atoms with Gasteiger partial charge in [0.25, 0.3) is 0 Å². The van der Waals surface area contributed by atoms with Crippen molar-refractivity contribution in [2.24, 2.45) is 0 Å². The van der Waals surface area contributed by atoms with Gasteiger partial charge in [0.05, 0.1) is 6.10 Å². The maximum Gasteiger partial charge on any atom is 0.0764 e. The van der Waals surface area contributed by atoms with E-state index in [1.807, 2.05) is 19.1 Å². The molecule has 0 bridgehead atoms. The lowest BCUT2D eigenvalue weighted by Gasteiger charge is -2.46. The summed E-state index contributed by atoms with van der Waals surface area (Å²) in [6.45, 7) is 2.04. The summed E-state index contributed by atoms with van der Waals surface area (Å²) >= 11 is 6.31. The fraction of sp³-hybridized carbons (Fsp3) is 0.647. The lowest BCUT2D eigenvalue weighted by atomic mass is 9.75. The van der Waals surface area contributed by atoms with Crippen molar-refractivity contribution in [1.29, 1.82) is 0 Å². The highest BCUT2D eigenvalue weighted by atomic mass is 35.5. The highest BCUT2D eigenvalue weighted by molar-refractivity contribution is 6.31. The van der Waals surface area contributed by atoms with E-state index in [1.54, 1.807) is 0 Å². The van der Waals surface area contributed by atoms with Crippen LogP contribution in [0.15, 0.2) is 18.2 Å². The molecule has 112 valence electrons. The standard InChI is InChI=1S/C17H26ClNO/c1-13-7-8-14(15(18)11-13)12-16(20)17(19(2)3)9-5-4-6-10-17/h7-8,11,16,20H,4-6,9-10,12H2,1-3H3. The van der Waals surface area contributed by atoms with E-state index in [1.165, 1.54) is 19.3 Å². The topological polar surface area (TPSA) is 23.5 Å². The quantitative estimate of drug-likeness (QED) is 0.913. The maximum atomic E-state index is 10.8. The minimum absolute atomic E-state index is 0.0908. The van der Waals surface area contributed by atoms with Crippen LogP contribution >= 0.6 is 11.6 Å². The van der Waals surface area contributed by atoms with Crippen molar-refractivity contribution in [2.45, 2.75) is 57.1 Å². The van der Waals surface area contributed by atoms with Crippen molar-refractivity contribution < 1.29 is 5.11 Å². The van der Waals surface area contributed by atoms with Gasteiger partial charge >= 0.3 is 0 Å². The zero-order chi connectivity index (χ0) is 14.8. The third kappa shape index (κ3) is 3.19. The number of aliphatic hydroxyl groups excluding tert-OH is 1. The van der Waals surface area contributed by atoms with Gasteiger partial charge in [0.1, 0.15) is 0 Å². The molecule has 0 radical (unpaired) electrons. The molecule has 1 aliphatic rings. The van der Waals surface area contributed by atoms with Crippen LogP contribution in [-0.4, -0.2) is 35.7 Å². The second kappa shape index (κ2) is 6.46. The fourth-order valence-corrected chi connectivity index (χ4v) is 3.77. The molecular formula is C17H26ClNO. The molecule has 2 rings (SSSR count). The molecule has 2 nitrogen and oxygen atoms in total. The minimum atomic E-state index is -0.363. The molecule has 1 aromatic rings. The molecule has 0 aliphatic heterocycles. The Labute approximate surface area is 127 Å². The first kappa shape index (κ1) is 15.8. The van der Waals surface area contributed by atoms with Gasteiger partial charge in [0.2, 0.25) is 0 Å². The van der Waals surface area contributed by atoms with E-state index in [0.717, 1.165) is 29.0 Å². The lowest BCUT2D eigenvalue weighted by Crippen LogP contribution is -2.55. The third-order valence-electron chi connectivity index (χ3n) is 4.85. The smallest absolute Gasteiger partial charge is 0.0764 e. The van der Waals surface area contributed by atoms with Crippen LogP contribution in [0, 0.1) is 6.92 Å². The molecule has 3 heteroatoms. The Morgan fingerprint density at radius 1 is 1.25 bits per heavy atom. The van der Waals surface area contributed by atoms with Gasteiger partial charge in [-0.2, -0.15) is 0 Å². The number of aryl methyl sites for hydroxylation is 1. The van der Waals surface area contributed by atoms with Crippen molar-refractivity contribution in [3.05, 3.63) is 34.3 Å². The highest BCUT2D eigenvalue weighted by Gasteiger charge is 2.40. The molecule has 1 saturated carbocycles. The van der Waals surface area contributed by atoms with Gasteiger partial charge in [-0.15, -0.1) is 0 Å². The summed E-state index contributed by atoms with van der Waals surface area (Å²) in [5.74, 6) is 0. The number of likely N-dealkylation sites (N-methyl/N-ethyl adjacent to an activating group) is 1. The predicted molar refractivity (Wildman–Crippen MR) is 85.4 cm³/mol. The van der Waals surface area contributed by atoms with Crippen molar-refractivity contribution in [3.63, 3.8) is 0 Å². The molecule has 0 amide bonds. The summed E-state index contributed by atoms with van der Waals surface area (Å²) in [4.78, 5) is 2.22. The van der Waals surface area contributed by atoms with Crippen molar-refractivity contribution in [3.8, 4) is 0 Å². The molecule has 1 atom stereocenters. The van der Waals surface area contributed by atoms with Gasteiger partial charge < -0.3 is 10.0 Å². The summed E-state index contributed by atoms with van der Waals surface area (Å²) in [6.07, 6.45) is 6.12. The summed E-state index contributed by atoms with van der Waals surface area (Å²) in [6, 6.07) is 6.09.